The number of benzene rings is 2. The van der Waals surface area contributed by atoms with Crippen LogP contribution in [0.5, 0.6) is 23.0 Å². The van der Waals surface area contributed by atoms with Gasteiger partial charge in [0.1, 0.15) is 39.1 Å². The lowest BCUT2D eigenvalue weighted by Gasteiger charge is -2.24. The Kier molecular flexibility index (Phi) is 9.68. The molecular weight excluding hydrogens is 476 g/mol. The Morgan fingerprint density at radius 1 is 0.757 bits per heavy atom. The third-order valence-corrected chi connectivity index (χ3v) is 5.88. The van der Waals surface area contributed by atoms with Gasteiger partial charge in [-0.15, -0.1) is 0 Å². The Bertz CT molecular complexity index is 962. The summed E-state index contributed by atoms with van der Waals surface area (Å²) < 4.78 is 35.5. The molecule has 2 aromatic rings. The number of hydrogen-bond acceptors (Lipinski definition) is 7. The van der Waals surface area contributed by atoms with E-state index in [0.717, 1.165) is 11.1 Å². The smallest absolute Gasteiger partial charge is 0.329 e. The maximum atomic E-state index is 11.2. The summed E-state index contributed by atoms with van der Waals surface area (Å²) in [5.74, 6) is 1.21. The van der Waals surface area contributed by atoms with Crippen molar-refractivity contribution in [2.75, 3.05) is 46.2 Å². The SMILES string of the molecule is CC(C)(C)c1ccc2c(c1)OCC(OCC(=O)O)COc1cc(C(C)(C)C)ccc1OCCOCCO2. The van der Waals surface area contributed by atoms with E-state index in [9.17, 15) is 9.90 Å². The normalized spacial score (nSPS) is 16.3. The number of carboxylic acid groups (broad SMARTS) is 1. The Morgan fingerprint density at radius 3 is 1.62 bits per heavy atom. The van der Waals surface area contributed by atoms with E-state index in [-0.39, 0.29) is 24.0 Å². The van der Waals surface area contributed by atoms with Gasteiger partial charge in [-0.25, -0.2) is 4.79 Å². The fourth-order valence-electron chi connectivity index (χ4n) is 3.64. The molecule has 0 amide bonds. The Labute approximate surface area is 219 Å². The highest BCUT2D eigenvalue weighted by Crippen LogP contribution is 2.35. The van der Waals surface area contributed by atoms with E-state index in [1.165, 1.54) is 0 Å². The molecule has 0 unspecified atom stereocenters. The summed E-state index contributed by atoms with van der Waals surface area (Å²) in [4.78, 5) is 11.2. The molecule has 0 saturated heterocycles. The summed E-state index contributed by atoms with van der Waals surface area (Å²) >= 11 is 0. The van der Waals surface area contributed by atoms with Gasteiger partial charge in [0.25, 0.3) is 0 Å². The molecule has 3 rings (SSSR count). The van der Waals surface area contributed by atoms with Gasteiger partial charge in [-0.1, -0.05) is 53.7 Å². The number of rotatable bonds is 3. The molecule has 204 valence electrons. The molecule has 0 aromatic heterocycles. The first-order valence-corrected chi connectivity index (χ1v) is 12.6. The van der Waals surface area contributed by atoms with Crippen LogP contribution in [0.1, 0.15) is 52.7 Å². The van der Waals surface area contributed by atoms with Crippen LogP contribution >= 0.6 is 0 Å². The van der Waals surface area contributed by atoms with Crippen LogP contribution in [0.4, 0.5) is 0 Å². The van der Waals surface area contributed by atoms with Crippen molar-refractivity contribution in [3.05, 3.63) is 47.5 Å². The van der Waals surface area contributed by atoms with Crippen LogP contribution in [0, 0.1) is 0 Å². The third-order valence-electron chi connectivity index (χ3n) is 5.88. The molecule has 1 N–H and O–H groups in total. The molecule has 8 heteroatoms. The number of ether oxygens (including phenoxy) is 6. The average Bonchev–Trinajstić information content (AvgIpc) is 2.81. The standard InChI is InChI=1S/C29H40O8/c1-28(2,3)20-7-9-23-25(15-20)36-17-22(35-19-27(30)31)18-37-26-16-21(29(4,5)6)8-10-24(26)34-14-12-32-11-13-33-23/h7-10,15-16,22H,11-14,17-19H2,1-6H3,(H,30,31). The van der Waals surface area contributed by atoms with E-state index < -0.39 is 18.7 Å². The largest absolute Gasteiger partial charge is 0.487 e. The summed E-state index contributed by atoms with van der Waals surface area (Å²) in [6.07, 6.45) is -0.648. The van der Waals surface area contributed by atoms with Crippen molar-refractivity contribution in [2.45, 2.75) is 58.5 Å². The quantitative estimate of drug-likeness (QED) is 0.610. The van der Waals surface area contributed by atoms with Crippen LogP contribution in [0.2, 0.25) is 0 Å². The van der Waals surface area contributed by atoms with E-state index >= 15 is 0 Å². The lowest BCUT2D eigenvalue weighted by Crippen LogP contribution is -2.31. The molecule has 8 nitrogen and oxygen atoms in total. The van der Waals surface area contributed by atoms with Gasteiger partial charge in [-0.3, -0.25) is 0 Å². The summed E-state index contributed by atoms with van der Waals surface area (Å²) in [7, 11) is 0. The van der Waals surface area contributed by atoms with Gasteiger partial charge in [-0.2, -0.15) is 0 Å². The lowest BCUT2D eigenvalue weighted by atomic mass is 9.87. The van der Waals surface area contributed by atoms with Crippen molar-refractivity contribution >= 4 is 5.97 Å². The second kappa shape index (κ2) is 12.5. The lowest BCUT2D eigenvalue weighted by molar-refractivity contribution is -0.145. The van der Waals surface area contributed by atoms with Crippen molar-refractivity contribution in [1.82, 2.24) is 0 Å². The van der Waals surface area contributed by atoms with Crippen molar-refractivity contribution in [3.63, 3.8) is 0 Å². The Balaban J connectivity index is 1.89. The molecule has 0 radical (unpaired) electrons. The maximum absolute atomic E-state index is 11.2. The zero-order valence-corrected chi connectivity index (χ0v) is 22.8. The number of hydrogen-bond donors (Lipinski definition) is 1. The van der Waals surface area contributed by atoms with E-state index in [1.807, 2.05) is 36.4 Å². The number of fused-ring (bicyclic) bond motifs is 2. The first-order valence-electron chi connectivity index (χ1n) is 12.6. The van der Waals surface area contributed by atoms with Crippen molar-refractivity contribution in [3.8, 4) is 23.0 Å². The molecule has 1 aliphatic rings. The van der Waals surface area contributed by atoms with E-state index in [2.05, 4.69) is 41.5 Å². The average molecular weight is 517 g/mol. The molecule has 2 aromatic carbocycles. The van der Waals surface area contributed by atoms with Gasteiger partial charge in [0.15, 0.2) is 23.0 Å². The van der Waals surface area contributed by atoms with Gasteiger partial charge >= 0.3 is 5.97 Å². The molecule has 0 bridgehead atoms. The predicted molar refractivity (Wildman–Crippen MR) is 140 cm³/mol. The summed E-state index contributed by atoms with van der Waals surface area (Å²) in [6.45, 7) is 13.9. The minimum Gasteiger partial charge on any atom is -0.487 e. The van der Waals surface area contributed by atoms with Gasteiger partial charge in [0, 0.05) is 0 Å². The minimum atomic E-state index is -1.07. The van der Waals surface area contributed by atoms with Crippen LogP contribution in [-0.2, 0) is 25.1 Å². The van der Waals surface area contributed by atoms with E-state index in [4.69, 9.17) is 28.4 Å². The highest BCUT2D eigenvalue weighted by molar-refractivity contribution is 5.68. The van der Waals surface area contributed by atoms with Crippen LogP contribution < -0.4 is 18.9 Å². The summed E-state index contributed by atoms with van der Waals surface area (Å²) in [6, 6.07) is 11.7. The molecule has 0 aliphatic carbocycles. The van der Waals surface area contributed by atoms with Gasteiger partial charge in [0.05, 0.1) is 13.2 Å². The zero-order chi connectivity index (χ0) is 27.1. The van der Waals surface area contributed by atoms with Crippen LogP contribution in [0.25, 0.3) is 0 Å². The van der Waals surface area contributed by atoms with E-state index in [1.54, 1.807) is 0 Å². The molecular formula is C29H40O8. The first-order chi connectivity index (χ1) is 17.4. The van der Waals surface area contributed by atoms with Gasteiger partial charge in [0.2, 0.25) is 0 Å². The highest BCUT2D eigenvalue weighted by Gasteiger charge is 2.21. The minimum absolute atomic E-state index is 0.0723. The van der Waals surface area contributed by atoms with Crippen molar-refractivity contribution in [1.29, 1.82) is 0 Å². The molecule has 1 heterocycles. The van der Waals surface area contributed by atoms with Gasteiger partial charge in [-0.05, 0) is 46.2 Å². The number of carbonyl (C=O) groups is 1. The van der Waals surface area contributed by atoms with Gasteiger partial charge < -0.3 is 33.5 Å². The molecule has 1 aliphatic heterocycles. The first kappa shape index (κ1) is 28.6. The molecule has 37 heavy (non-hydrogen) atoms. The second-order valence-corrected chi connectivity index (χ2v) is 11.1. The molecule has 0 spiro atoms. The van der Waals surface area contributed by atoms with Crippen molar-refractivity contribution in [2.24, 2.45) is 0 Å². The molecule has 0 atom stereocenters. The summed E-state index contributed by atoms with van der Waals surface area (Å²) in [5.41, 5.74) is 1.99. The third kappa shape index (κ3) is 8.83. The topological polar surface area (TPSA) is 92.7 Å². The fourth-order valence-corrected chi connectivity index (χ4v) is 3.64. The maximum Gasteiger partial charge on any atom is 0.329 e. The molecule has 0 fully saturated rings. The Hall–Kier alpha value is -2.97. The zero-order valence-electron chi connectivity index (χ0n) is 22.8. The monoisotopic (exact) mass is 516 g/mol. The Morgan fingerprint density at radius 2 is 1.22 bits per heavy atom. The summed E-state index contributed by atoms with van der Waals surface area (Å²) in [5, 5.41) is 9.19. The van der Waals surface area contributed by atoms with Crippen LogP contribution in [-0.4, -0.2) is 63.4 Å². The number of aliphatic carboxylic acids is 1. The number of carboxylic acids is 1. The van der Waals surface area contributed by atoms with Crippen molar-refractivity contribution < 1.29 is 38.3 Å². The van der Waals surface area contributed by atoms with E-state index in [0.29, 0.717) is 49.4 Å². The molecule has 0 saturated carbocycles. The van der Waals surface area contributed by atoms with Crippen LogP contribution in [0.15, 0.2) is 36.4 Å². The highest BCUT2D eigenvalue weighted by atomic mass is 16.6. The fraction of sp³-hybridized carbons (Fsp3) is 0.552. The van der Waals surface area contributed by atoms with Crippen LogP contribution in [0.3, 0.4) is 0 Å². The predicted octanol–water partition coefficient (Wildman–Crippen LogP) is 5.00. The second-order valence-electron chi connectivity index (χ2n) is 11.1.